The highest BCUT2D eigenvalue weighted by atomic mass is 79.9. The normalized spacial score (nSPS) is 9.95. The Balaban J connectivity index is 2.15. The number of esters is 1. The highest BCUT2D eigenvalue weighted by molar-refractivity contribution is 9.09. The first-order chi connectivity index (χ1) is 9.20. The van der Waals surface area contributed by atoms with Gasteiger partial charge in [-0.15, -0.1) is 0 Å². The largest absolute Gasteiger partial charge is 0.426 e. The van der Waals surface area contributed by atoms with Gasteiger partial charge in [-0.25, -0.2) is 0 Å². The van der Waals surface area contributed by atoms with E-state index in [0.29, 0.717) is 16.9 Å². The summed E-state index contributed by atoms with van der Waals surface area (Å²) in [5.74, 6) is -0.00448. The SMILES string of the molecule is O=C(CBr)Oc1ccc(C(=O)c2ccccc2)cc1. The lowest BCUT2D eigenvalue weighted by atomic mass is 10.0. The second kappa shape index (κ2) is 6.29. The molecule has 0 bridgehead atoms. The van der Waals surface area contributed by atoms with Crippen LogP contribution in [0, 0.1) is 0 Å². The van der Waals surface area contributed by atoms with Crippen molar-refractivity contribution in [2.75, 3.05) is 5.33 Å². The summed E-state index contributed by atoms with van der Waals surface area (Å²) in [6.07, 6.45) is 0. The number of halogens is 1. The first-order valence-corrected chi connectivity index (χ1v) is 6.79. The highest BCUT2D eigenvalue weighted by Crippen LogP contribution is 2.15. The second-order valence-corrected chi connectivity index (χ2v) is 4.39. The monoisotopic (exact) mass is 318 g/mol. The zero-order valence-electron chi connectivity index (χ0n) is 10.0. The smallest absolute Gasteiger partial charge is 0.321 e. The van der Waals surface area contributed by atoms with E-state index in [9.17, 15) is 9.59 Å². The van der Waals surface area contributed by atoms with Crippen LogP contribution in [0.1, 0.15) is 15.9 Å². The molecule has 0 atom stereocenters. The summed E-state index contributed by atoms with van der Waals surface area (Å²) in [6, 6.07) is 15.5. The van der Waals surface area contributed by atoms with Gasteiger partial charge in [0, 0.05) is 11.1 Å². The summed E-state index contributed by atoms with van der Waals surface area (Å²) in [5, 5.41) is 0.137. The molecule has 0 heterocycles. The molecule has 0 aliphatic carbocycles. The van der Waals surface area contributed by atoms with Gasteiger partial charge in [0.05, 0.1) is 0 Å². The van der Waals surface area contributed by atoms with Crippen molar-refractivity contribution in [3.8, 4) is 5.75 Å². The van der Waals surface area contributed by atoms with Crippen molar-refractivity contribution in [3.05, 3.63) is 65.7 Å². The fraction of sp³-hybridized carbons (Fsp3) is 0.0667. The molecular weight excluding hydrogens is 308 g/mol. The summed E-state index contributed by atoms with van der Waals surface area (Å²) in [5.41, 5.74) is 1.19. The molecule has 3 nitrogen and oxygen atoms in total. The van der Waals surface area contributed by atoms with E-state index >= 15 is 0 Å². The zero-order chi connectivity index (χ0) is 13.7. The third-order valence-electron chi connectivity index (χ3n) is 2.49. The lowest BCUT2D eigenvalue weighted by Crippen LogP contribution is -2.08. The summed E-state index contributed by atoms with van der Waals surface area (Å²) < 4.78 is 5.01. The van der Waals surface area contributed by atoms with Crippen molar-refractivity contribution in [2.45, 2.75) is 0 Å². The molecule has 0 aliphatic rings. The maximum absolute atomic E-state index is 12.1. The number of alkyl halides is 1. The Morgan fingerprint density at radius 2 is 1.47 bits per heavy atom. The van der Waals surface area contributed by atoms with Crippen LogP contribution in [0.25, 0.3) is 0 Å². The average Bonchev–Trinajstić information content (AvgIpc) is 2.48. The van der Waals surface area contributed by atoms with Gasteiger partial charge < -0.3 is 4.74 Å². The van der Waals surface area contributed by atoms with Gasteiger partial charge in [0.15, 0.2) is 5.78 Å². The van der Waals surface area contributed by atoms with Crippen molar-refractivity contribution in [1.82, 2.24) is 0 Å². The molecule has 0 radical (unpaired) electrons. The molecule has 0 N–H and O–H groups in total. The van der Waals surface area contributed by atoms with Crippen LogP contribution in [0.2, 0.25) is 0 Å². The maximum Gasteiger partial charge on any atom is 0.321 e. The van der Waals surface area contributed by atoms with Gasteiger partial charge in [-0.05, 0) is 24.3 Å². The quantitative estimate of drug-likeness (QED) is 0.376. The number of ether oxygens (including phenoxy) is 1. The summed E-state index contributed by atoms with van der Waals surface area (Å²) in [7, 11) is 0. The number of rotatable bonds is 4. The molecule has 0 aromatic heterocycles. The van der Waals surface area contributed by atoms with E-state index < -0.39 is 0 Å². The fourth-order valence-corrected chi connectivity index (χ4v) is 1.70. The number of hydrogen-bond acceptors (Lipinski definition) is 3. The molecule has 96 valence electrons. The molecule has 2 rings (SSSR count). The van der Waals surface area contributed by atoms with Crippen LogP contribution in [0.15, 0.2) is 54.6 Å². The molecule has 0 fully saturated rings. The number of ketones is 1. The predicted molar refractivity (Wildman–Crippen MR) is 75.7 cm³/mol. The molecule has 19 heavy (non-hydrogen) atoms. The molecule has 0 saturated carbocycles. The van der Waals surface area contributed by atoms with Crippen LogP contribution in [-0.4, -0.2) is 17.1 Å². The Kier molecular flexibility index (Phi) is 4.47. The van der Waals surface area contributed by atoms with Gasteiger partial charge >= 0.3 is 5.97 Å². The van der Waals surface area contributed by atoms with Crippen LogP contribution < -0.4 is 4.74 Å². The van der Waals surface area contributed by atoms with Gasteiger partial charge in [0.2, 0.25) is 0 Å². The minimum absolute atomic E-state index is 0.0565. The summed E-state index contributed by atoms with van der Waals surface area (Å²) in [4.78, 5) is 23.2. The molecule has 0 amide bonds. The van der Waals surface area contributed by atoms with Gasteiger partial charge in [-0.1, -0.05) is 46.3 Å². The molecule has 4 heteroatoms. The first kappa shape index (κ1) is 13.5. The molecule has 2 aromatic rings. The van der Waals surface area contributed by atoms with E-state index in [1.807, 2.05) is 18.2 Å². The van der Waals surface area contributed by atoms with E-state index in [1.54, 1.807) is 36.4 Å². The van der Waals surface area contributed by atoms with E-state index in [0.717, 1.165) is 0 Å². The molecule has 0 unspecified atom stereocenters. The molecule has 0 saturated heterocycles. The number of carbonyl (C=O) groups excluding carboxylic acids is 2. The Bertz CT molecular complexity index is 576. The van der Waals surface area contributed by atoms with E-state index in [4.69, 9.17) is 4.74 Å². The lowest BCUT2D eigenvalue weighted by Gasteiger charge is -2.04. The van der Waals surface area contributed by atoms with Crippen molar-refractivity contribution in [2.24, 2.45) is 0 Å². The minimum atomic E-state index is -0.373. The van der Waals surface area contributed by atoms with E-state index in [-0.39, 0.29) is 17.1 Å². The van der Waals surface area contributed by atoms with Crippen LogP contribution in [-0.2, 0) is 4.79 Å². The molecular formula is C15H11BrO3. The molecule has 0 spiro atoms. The van der Waals surface area contributed by atoms with Crippen LogP contribution in [0.3, 0.4) is 0 Å². The number of carbonyl (C=O) groups is 2. The van der Waals surface area contributed by atoms with Crippen LogP contribution >= 0.6 is 15.9 Å². The number of benzene rings is 2. The average molecular weight is 319 g/mol. The number of hydrogen-bond donors (Lipinski definition) is 0. The Morgan fingerprint density at radius 1 is 0.895 bits per heavy atom. The minimum Gasteiger partial charge on any atom is -0.426 e. The Labute approximate surface area is 119 Å². The van der Waals surface area contributed by atoms with Gasteiger partial charge in [-0.3, -0.25) is 9.59 Å². The molecule has 2 aromatic carbocycles. The van der Waals surface area contributed by atoms with Crippen LogP contribution in [0.4, 0.5) is 0 Å². The highest BCUT2D eigenvalue weighted by Gasteiger charge is 2.09. The second-order valence-electron chi connectivity index (χ2n) is 3.83. The van der Waals surface area contributed by atoms with Crippen LogP contribution in [0.5, 0.6) is 5.75 Å². The van der Waals surface area contributed by atoms with Gasteiger partial charge in [0.25, 0.3) is 0 Å². The standard InChI is InChI=1S/C15H11BrO3/c16-10-14(17)19-13-8-6-12(7-9-13)15(18)11-4-2-1-3-5-11/h1-9H,10H2. The zero-order valence-corrected chi connectivity index (χ0v) is 11.6. The summed E-state index contributed by atoms with van der Waals surface area (Å²) in [6.45, 7) is 0. The van der Waals surface area contributed by atoms with Gasteiger partial charge in [0.1, 0.15) is 11.1 Å². The van der Waals surface area contributed by atoms with Crippen molar-refractivity contribution in [3.63, 3.8) is 0 Å². The predicted octanol–water partition coefficient (Wildman–Crippen LogP) is 3.22. The Morgan fingerprint density at radius 3 is 2.05 bits per heavy atom. The lowest BCUT2D eigenvalue weighted by molar-refractivity contribution is -0.131. The topological polar surface area (TPSA) is 43.4 Å². The maximum atomic E-state index is 12.1. The molecule has 0 aliphatic heterocycles. The Hall–Kier alpha value is -1.94. The van der Waals surface area contributed by atoms with E-state index in [2.05, 4.69) is 15.9 Å². The third kappa shape index (κ3) is 3.51. The van der Waals surface area contributed by atoms with E-state index in [1.165, 1.54) is 0 Å². The first-order valence-electron chi connectivity index (χ1n) is 5.67. The van der Waals surface area contributed by atoms with Gasteiger partial charge in [-0.2, -0.15) is 0 Å². The van der Waals surface area contributed by atoms with Crippen molar-refractivity contribution < 1.29 is 14.3 Å². The third-order valence-corrected chi connectivity index (χ3v) is 2.95. The fourth-order valence-electron chi connectivity index (χ4n) is 1.59. The van der Waals surface area contributed by atoms with Crippen molar-refractivity contribution in [1.29, 1.82) is 0 Å². The van der Waals surface area contributed by atoms with Crippen molar-refractivity contribution >= 4 is 27.7 Å². The summed E-state index contributed by atoms with van der Waals surface area (Å²) >= 11 is 3.01.